The fraction of sp³-hybridized carbons (Fsp3) is 0.379. The van der Waals surface area contributed by atoms with Crippen LogP contribution in [0.25, 0.3) is 10.9 Å². The molecule has 0 saturated heterocycles. The third-order valence-corrected chi connectivity index (χ3v) is 6.71. The fourth-order valence-electron chi connectivity index (χ4n) is 4.27. The lowest BCUT2D eigenvalue weighted by atomic mass is 10.0. The van der Waals surface area contributed by atoms with Crippen molar-refractivity contribution >= 4 is 34.6 Å². The van der Waals surface area contributed by atoms with Crippen molar-refractivity contribution in [3.05, 3.63) is 71.9 Å². The number of hydrogen-bond acceptors (Lipinski definition) is 6. The van der Waals surface area contributed by atoms with Crippen LogP contribution < -0.4 is 21.7 Å². The molecule has 0 spiro atoms. The van der Waals surface area contributed by atoms with Gasteiger partial charge in [-0.05, 0) is 30.0 Å². The van der Waals surface area contributed by atoms with Crippen molar-refractivity contribution in [3.8, 4) is 0 Å². The van der Waals surface area contributed by atoms with Crippen molar-refractivity contribution in [1.29, 1.82) is 0 Å². The van der Waals surface area contributed by atoms with Gasteiger partial charge in [0.05, 0.1) is 12.1 Å². The fourth-order valence-corrected chi connectivity index (χ4v) is 4.27. The molecule has 0 saturated carbocycles. The molecule has 0 bridgehead atoms. The second kappa shape index (κ2) is 13.7. The van der Waals surface area contributed by atoms with E-state index in [0.29, 0.717) is 11.1 Å². The maximum Gasteiger partial charge on any atom is 0.326 e. The first-order valence-electron chi connectivity index (χ1n) is 13.1. The summed E-state index contributed by atoms with van der Waals surface area (Å²) in [6.45, 7) is 4.83. The molecular formula is C29H37N5O6. The number of nitrogens with two attached hydrogens (primary N) is 1. The summed E-state index contributed by atoms with van der Waals surface area (Å²) < 4.78 is 0. The number of benzene rings is 2. The first-order chi connectivity index (χ1) is 19.0. The molecule has 3 rings (SSSR count). The number of amides is 3. The van der Waals surface area contributed by atoms with Crippen LogP contribution in [0.5, 0.6) is 0 Å². The number of aromatic nitrogens is 1. The number of aliphatic hydroxyl groups is 1. The van der Waals surface area contributed by atoms with Crippen molar-refractivity contribution in [2.45, 2.75) is 63.9 Å². The number of H-pyrrole nitrogens is 1. The van der Waals surface area contributed by atoms with E-state index in [1.165, 1.54) is 6.92 Å². The molecule has 2 aromatic carbocycles. The van der Waals surface area contributed by atoms with Gasteiger partial charge in [-0.2, -0.15) is 0 Å². The van der Waals surface area contributed by atoms with Gasteiger partial charge in [-0.1, -0.05) is 62.4 Å². The minimum absolute atomic E-state index is 0.0105. The number of carboxylic acid groups (broad SMARTS) is 1. The summed E-state index contributed by atoms with van der Waals surface area (Å²) in [5.41, 5.74) is 8.15. The minimum atomic E-state index is -1.38. The molecule has 3 amide bonds. The van der Waals surface area contributed by atoms with Crippen LogP contribution in [0.15, 0.2) is 60.8 Å². The zero-order valence-electron chi connectivity index (χ0n) is 22.8. The first-order valence-corrected chi connectivity index (χ1v) is 13.1. The second-order valence-electron chi connectivity index (χ2n) is 10.2. The van der Waals surface area contributed by atoms with Crippen LogP contribution in [-0.2, 0) is 32.0 Å². The normalized spacial score (nSPS) is 15.1. The predicted molar refractivity (Wildman–Crippen MR) is 150 cm³/mol. The summed E-state index contributed by atoms with van der Waals surface area (Å²) in [5.74, 6) is -3.60. The Morgan fingerprint density at radius 2 is 1.45 bits per heavy atom. The number of nitrogens with one attached hydrogen (secondary N) is 4. The SMILES string of the molecule is CC(C)C(N)C(=O)NC(C(=O)NC(Cc1ccccc1)C(=O)NC(Cc1c[nH]c2ccccc12)C(=O)O)C(C)O. The number of aromatic amines is 1. The lowest BCUT2D eigenvalue weighted by Crippen LogP contribution is -2.60. The lowest BCUT2D eigenvalue weighted by Gasteiger charge is -2.27. The Balaban J connectivity index is 1.81. The number of para-hydroxylation sites is 1. The molecule has 214 valence electrons. The Labute approximate surface area is 232 Å². The van der Waals surface area contributed by atoms with E-state index in [-0.39, 0.29) is 18.8 Å². The van der Waals surface area contributed by atoms with Crippen LogP contribution in [0.1, 0.15) is 31.9 Å². The summed E-state index contributed by atoms with van der Waals surface area (Å²) in [4.78, 5) is 54.4. The quantitative estimate of drug-likeness (QED) is 0.164. The van der Waals surface area contributed by atoms with Crippen molar-refractivity contribution < 1.29 is 29.4 Å². The molecule has 0 aliphatic heterocycles. The van der Waals surface area contributed by atoms with Crippen molar-refractivity contribution in [2.75, 3.05) is 0 Å². The lowest BCUT2D eigenvalue weighted by molar-refractivity contribution is -0.142. The number of carbonyl (C=O) groups excluding carboxylic acids is 3. The molecule has 5 unspecified atom stereocenters. The average molecular weight is 552 g/mol. The van der Waals surface area contributed by atoms with E-state index in [1.54, 1.807) is 50.4 Å². The van der Waals surface area contributed by atoms with Crippen molar-refractivity contribution in [2.24, 2.45) is 11.7 Å². The van der Waals surface area contributed by atoms with Gasteiger partial charge >= 0.3 is 5.97 Å². The second-order valence-corrected chi connectivity index (χ2v) is 10.2. The summed E-state index contributed by atoms with van der Waals surface area (Å²) >= 11 is 0. The molecular weight excluding hydrogens is 514 g/mol. The molecule has 0 aliphatic carbocycles. The molecule has 1 heterocycles. The number of carboxylic acids is 1. The number of carbonyl (C=O) groups is 4. The van der Waals surface area contributed by atoms with E-state index in [2.05, 4.69) is 20.9 Å². The highest BCUT2D eigenvalue weighted by molar-refractivity contribution is 5.95. The molecule has 0 aliphatic rings. The van der Waals surface area contributed by atoms with Crippen LogP contribution in [0, 0.1) is 5.92 Å². The molecule has 1 aromatic heterocycles. The van der Waals surface area contributed by atoms with E-state index in [9.17, 15) is 29.4 Å². The highest BCUT2D eigenvalue weighted by Crippen LogP contribution is 2.19. The van der Waals surface area contributed by atoms with Crippen LogP contribution in [0.4, 0.5) is 0 Å². The molecule has 11 heteroatoms. The van der Waals surface area contributed by atoms with Gasteiger partial charge in [0.2, 0.25) is 17.7 Å². The van der Waals surface area contributed by atoms with E-state index in [1.807, 2.05) is 24.3 Å². The Bertz CT molecular complexity index is 1320. The van der Waals surface area contributed by atoms with Gasteiger partial charge in [0.15, 0.2) is 0 Å². The molecule has 3 aromatic rings. The van der Waals surface area contributed by atoms with Crippen LogP contribution in [0.3, 0.4) is 0 Å². The molecule has 11 nitrogen and oxygen atoms in total. The van der Waals surface area contributed by atoms with Gasteiger partial charge in [0, 0.05) is 29.9 Å². The van der Waals surface area contributed by atoms with Crippen molar-refractivity contribution in [1.82, 2.24) is 20.9 Å². The molecule has 40 heavy (non-hydrogen) atoms. The highest BCUT2D eigenvalue weighted by Gasteiger charge is 2.33. The zero-order valence-corrected chi connectivity index (χ0v) is 22.8. The number of rotatable bonds is 13. The number of hydrogen-bond donors (Lipinski definition) is 7. The van der Waals surface area contributed by atoms with Gasteiger partial charge in [0.1, 0.15) is 18.1 Å². The smallest absolute Gasteiger partial charge is 0.326 e. The number of aliphatic hydroxyl groups excluding tert-OH is 1. The number of fused-ring (bicyclic) bond motifs is 1. The van der Waals surface area contributed by atoms with Gasteiger partial charge in [-0.15, -0.1) is 0 Å². The minimum Gasteiger partial charge on any atom is -0.480 e. The zero-order chi connectivity index (χ0) is 29.4. The Hall–Kier alpha value is -4.22. The largest absolute Gasteiger partial charge is 0.480 e. The average Bonchev–Trinajstić information content (AvgIpc) is 3.33. The summed E-state index contributed by atoms with van der Waals surface area (Å²) in [6, 6.07) is 11.5. The summed E-state index contributed by atoms with van der Waals surface area (Å²) in [6.07, 6.45) is 0.464. The monoisotopic (exact) mass is 551 g/mol. The summed E-state index contributed by atoms with van der Waals surface area (Å²) in [7, 11) is 0. The third kappa shape index (κ3) is 7.90. The number of aliphatic carboxylic acids is 1. The Morgan fingerprint density at radius 3 is 2.08 bits per heavy atom. The van der Waals surface area contributed by atoms with Gasteiger partial charge < -0.3 is 36.9 Å². The molecule has 0 radical (unpaired) electrons. The van der Waals surface area contributed by atoms with Gasteiger partial charge in [0.25, 0.3) is 0 Å². The van der Waals surface area contributed by atoms with Crippen LogP contribution in [-0.4, -0.2) is 69.2 Å². The van der Waals surface area contributed by atoms with Crippen LogP contribution in [0.2, 0.25) is 0 Å². The van der Waals surface area contributed by atoms with E-state index >= 15 is 0 Å². The van der Waals surface area contributed by atoms with Crippen molar-refractivity contribution in [3.63, 3.8) is 0 Å². The first kappa shape index (κ1) is 30.3. The van der Waals surface area contributed by atoms with E-state index in [4.69, 9.17) is 5.73 Å². The van der Waals surface area contributed by atoms with Gasteiger partial charge in [-0.25, -0.2) is 4.79 Å². The predicted octanol–water partition coefficient (Wildman–Crippen LogP) is 0.856. The van der Waals surface area contributed by atoms with Gasteiger partial charge in [-0.3, -0.25) is 14.4 Å². The van der Waals surface area contributed by atoms with E-state index < -0.39 is 54.0 Å². The maximum absolute atomic E-state index is 13.4. The van der Waals surface area contributed by atoms with E-state index in [0.717, 1.165) is 10.9 Å². The molecule has 5 atom stereocenters. The maximum atomic E-state index is 13.4. The van der Waals surface area contributed by atoms with Crippen LogP contribution >= 0.6 is 0 Å². The third-order valence-electron chi connectivity index (χ3n) is 6.71. The summed E-state index contributed by atoms with van der Waals surface area (Å²) in [5, 5.41) is 28.6. The molecule has 0 fully saturated rings. The topological polar surface area (TPSA) is 187 Å². The highest BCUT2D eigenvalue weighted by atomic mass is 16.4. The molecule has 8 N–H and O–H groups in total. The Kier molecular flexibility index (Phi) is 10.4. The standard InChI is InChI=1S/C29H37N5O6/c1-16(2)24(30)27(37)34-25(17(3)35)28(38)32-22(13-18-9-5-4-6-10-18)26(36)33-23(29(39)40)14-19-15-31-21-12-8-7-11-20(19)21/h4-12,15-17,22-25,31,35H,13-14,30H2,1-3H3,(H,32,38)(H,33,36)(H,34,37)(H,39,40). The Morgan fingerprint density at radius 1 is 0.825 bits per heavy atom.